The summed E-state index contributed by atoms with van der Waals surface area (Å²) in [5, 5.41) is 0. The third-order valence-electron chi connectivity index (χ3n) is 1.52. The van der Waals surface area contributed by atoms with Crippen LogP contribution in [0.3, 0.4) is 0 Å². The molecule has 82 valence electrons. The van der Waals surface area contributed by atoms with Crippen molar-refractivity contribution >= 4 is 11.8 Å². The van der Waals surface area contributed by atoms with E-state index in [1.165, 1.54) is 12.3 Å². The van der Waals surface area contributed by atoms with Gasteiger partial charge in [0.1, 0.15) is 12.0 Å². The molecule has 0 fully saturated rings. The number of esters is 1. The molecule has 4 heteroatoms. The lowest BCUT2D eigenvalue weighted by atomic mass is 10.2. The van der Waals surface area contributed by atoms with Crippen LogP contribution in [-0.4, -0.2) is 17.4 Å². The summed E-state index contributed by atoms with van der Waals surface area (Å²) in [5.41, 5.74) is -0.569. The van der Waals surface area contributed by atoms with Crippen LogP contribution >= 0.6 is 0 Å². The van der Waals surface area contributed by atoms with Crippen LogP contribution in [0.4, 0.5) is 0 Å². The maximum absolute atomic E-state index is 11.4. The van der Waals surface area contributed by atoms with Crippen LogP contribution in [0, 0.1) is 0 Å². The molecule has 0 aliphatic rings. The Morgan fingerprint density at radius 3 is 2.53 bits per heavy atom. The topological polar surface area (TPSA) is 56.5 Å². The molecule has 0 aromatic carbocycles. The second-order valence-corrected chi connectivity index (χ2v) is 4.16. The average molecular weight is 210 g/mol. The molecule has 0 atom stereocenters. The molecule has 0 aliphatic carbocycles. The number of Topliss-reactive ketones (excluding diaryl/α,β-unsaturated/α-hetero) is 1. The Balaban J connectivity index is 2.50. The highest BCUT2D eigenvalue weighted by Gasteiger charge is 2.20. The predicted molar refractivity (Wildman–Crippen MR) is 53.5 cm³/mol. The number of carbonyl (C=O) groups is 2. The minimum Gasteiger partial charge on any atom is -0.461 e. The van der Waals surface area contributed by atoms with Gasteiger partial charge in [-0.3, -0.25) is 9.59 Å². The molecule has 15 heavy (non-hydrogen) atoms. The van der Waals surface area contributed by atoms with Gasteiger partial charge in [-0.25, -0.2) is 0 Å². The highest BCUT2D eigenvalue weighted by Crippen LogP contribution is 2.10. The molecule has 0 saturated carbocycles. The Morgan fingerprint density at radius 2 is 2.07 bits per heavy atom. The molecule has 0 saturated heterocycles. The minimum absolute atomic E-state index is 0.181. The fourth-order valence-corrected chi connectivity index (χ4v) is 1.03. The van der Waals surface area contributed by atoms with Crippen LogP contribution < -0.4 is 0 Å². The Hall–Kier alpha value is -1.58. The predicted octanol–water partition coefficient (Wildman–Crippen LogP) is 2.19. The standard InChI is InChI=1S/C11H14O4/c1-11(2,3)15-10(13)7-8(12)9-5-4-6-14-9/h4-6H,7H2,1-3H3. The molecule has 0 unspecified atom stereocenters. The molecule has 0 amide bonds. The number of carbonyl (C=O) groups excluding carboxylic acids is 2. The van der Waals surface area contributed by atoms with Crippen LogP contribution in [-0.2, 0) is 9.53 Å². The van der Waals surface area contributed by atoms with E-state index in [9.17, 15) is 9.59 Å². The molecule has 1 aromatic heterocycles. The molecule has 1 heterocycles. The minimum atomic E-state index is -0.569. The van der Waals surface area contributed by atoms with Crippen LogP contribution in [0.1, 0.15) is 37.7 Å². The van der Waals surface area contributed by atoms with Crippen molar-refractivity contribution in [2.45, 2.75) is 32.8 Å². The molecule has 0 aliphatic heterocycles. The molecule has 1 rings (SSSR count). The van der Waals surface area contributed by atoms with Crippen molar-refractivity contribution in [1.82, 2.24) is 0 Å². The molecule has 0 bridgehead atoms. The second kappa shape index (κ2) is 4.29. The number of hydrogen-bond donors (Lipinski definition) is 0. The van der Waals surface area contributed by atoms with Crippen molar-refractivity contribution in [3.8, 4) is 0 Å². The number of hydrogen-bond acceptors (Lipinski definition) is 4. The monoisotopic (exact) mass is 210 g/mol. The number of ketones is 1. The van der Waals surface area contributed by atoms with E-state index >= 15 is 0 Å². The summed E-state index contributed by atoms with van der Waals surface area (Å²) in [6, 6.07) is 3.12. The van der Waals surface area contributed by atoms with E-state index in [4.69, 9.17) is 9.15 Å². The van der Waals surface area contributed by atoms with E-state index in [1.807, 2.05) is 0 Å². The number of ether oxygens (including phenoxy) is 1. The summed E-state index contributed by atoms with van der Waals surface area (Å²) < 4.78 is 9.87. The summed E-state index contributed by atoms with van der Waals surface area (Å²) in [7, 11) is 0. The van der Waals surface area contributed by atoms with Crippen molar-refractivity contribution in [3.63, 3.8) is 0 Å². The summed E-state index contributed by atoms with van der Waals surface area (Å²) in [5.74, 6) is -0.723. The SMILES string of the molecule is CC(C)(C)OC(=O)CC(=O)c1ccco1. The quantitative estimate of drug-likeness (QED) is 0.436. The van der Waals surface area contributed by atoms with E-state index in [0.717, 1.165) is 0 Å². The van der Waals surface area contributed by atoms with E-state index < -0.39 is 11.6 Å². The molecular formula is C11H14O4. The maximum atomic E-state index is 11.4. The van der Waals surface area contributed by atoms with Crippen molar-refractivity contribution < 1.29 is 18.7 Å². The lowest BCUT2D eigenvalue weighted by molar-refractivity contribution is -0.153. The van der Waals surface area contributed by atoms with Crippen molar-refractivity contribution in [3.05, 3.63) is 24.2 Å². The van der Waals surface area contributed by atoms with Gasteiger partial charge in [-0.1, -0.05) is 0 Å². The summed E-state index contributed by atoms with van der Waals surface area (Å²) in [6.07, 6.45) is 1.10. The van der Waals surface area contributed by atoms with Crippen molar-refractivity contribution in [2.75, 3.05) is 0 Å². The lowest BCUT2D eigenvalue weighted by Crippen LogP contribution is -2.25. The first-order valence-corrected chi connectivity index (χ1v) is 4.67. The van der Waals surface area contributed by atoms with Gasteiger partial charge in [-0.05, 0) is 32.9 Å². The largest absolute Gasteiger partial charge is 0.461 e. The molecule has 4 nitrogen and oxygen atoms in total. The molecular weight excluding hydrogens is 196 g/mol. The highest BCUT2D eigenvalue weighted by atomic mass is 16.6. The van der Waals surface area contributed by atoms with Crippen LogP contribution in [0.25, 0.3) is 0 Å². The first-order valence-electron chi connectivity index (χ1n) is 4.67. The lowest BCUT2D eigenvalue weighted by Gasteiger charge is -2.18. The van der Waals surface area contributed by atoms with E-state index in [1.54, 1.807) is 26.8 Å². The molecule has 0 N–H and O–H groups in total. The normalized spacial score (nSPS) is 11.1. The first-order chi connectivity index (χ1) is 6.88. The Bertz CT molecular complexity index is 343. The first kappa shape index (κ1) is 11.5. The second-order valence-electron chi connectivity index (χ2n) is 4.16. The molecule has 0 spiro atoms. The summed E-state index contributed by atoms with van der Waals surface area (Å²) >= 11 is 0. The fourth-order valence-electron chi connectivity index (χ4n) is 1.03. The zero-order chi connectivity index (χ0) is 11.5. The third-order valence-corrected chi connectivity index (χ3v) is 1.52. The third kappa shape index (κ3) is 3.97. The molecule has 0 radical (unpaired) electrons. The van der Waals surface area contributed by atoms with Gasteiger partial charge in [0.2, 0.25) is 5.78 Å². The molecule has 1 aromatic rings. The van der Waals surface area contributed by atoms with E-state index in [0.29, 0.717) is 0 Å². The average Bonchev–Trinajstić information content (AvgIpc) is 2.50. The van der Waals surface area contributed by atoms with Gasteiger partial charge in [0.05, 0.1) is 6.26 Å². The Morgan fingerprint density at radius 1 is 1.40 bits per heavy atom. The van der Waals surface area contributed by atoms with Gasteiger partial charge >= 0.3 is 5.97 Å². The maximum Gasteiger partial charge on any atom is 0.314 e. The van der Waals surface area contributed by atoms with Gasteiger partial charge in [0, 0.05) is 0 Å². The van der Waals surface area contributed by atoms with Crippen LogP contribution in [0.15, 0.2) is 22.8 Å². The summed E-state index contributed by atoms with van der Waals surface area (Å²) in [4.78, 5) is 22.7. The smallest absolute Gasteiger partial charge is 0.314 e. The van der Waals surface area contributed by atoms with Gasteiger partial charge < -0.3 is 9.15 Å². The van der Waals surface area contributed by atoms with Gasteiger partial charge in [0.25, 0.3) is 0 Å². The van der Waals surface area contributed by atoms with Crippen LogP contribution in [0.5, 0.6) is 0 Å². The van der Waals surface area contributed by atoms with Gasteiger partial charge in [-0.2, -0.15) is 0 Å². The zero-order valence-corrected chi connectivity index (χ0v) is 9.07. The Labute approximate surface area is 88.2 Å². The van der Waals surface area contributed by atoms with Gasteiger partial charge in [0.15, 0.2) is 5.76 Å². The van der Waals surface area contributed by atoms with Gasteiger partial charge in [-0.15, -0.1) is 0 Å². The number of rotatable bonds is 3. The Kier molecular flexibility index (Phi) is 3.29. The number of furan rings is 1. The summed E-state index contributed by atoms with van der Waals surface area (Å²) in [6.45, 7) is 5.26. The zero-order valence-electron chi connectivity index (χ0n) is 9.07. The highest BCUT2D eigenvalue weighted by molar-refractivity contribution is 6.04. The fraction of sp³-hybridized carbons (Fsp3) is 0.455. The van der Waals surface area contributed by atoms with Crippen LogP contribution in [0.2, 0.25) is 0 Å². The van der Waals surface area contributed by atoms with E-state index in [-0.39, 0.29) is 18.0 Å². The van der Waals surface area contributed by atoms with Crippen molar-refractivity contribution in [1.29, 1.82) is 0 Å². The van der Waals surface area contributed by atoms with E-state index in [2.05, 4.69) is 0 Å². The van der Waals surface area contributed by atoms with Crippen molar-refractivity contribution in [2.24, 2.45) is 0 Å².